The summed E-state index contributed by atoms with van der Waals surface area (Å²) in [7, 11) is -3.88. The van der Waals surface area contributed by atoms with Crippen molar-refractivity contribution in [2.75, 3.05) is 6.54 Å². The fourth-order valence-corrected chi connectivity index (χ4v) is 5.19. The standard InChI is InChI=1S/C20H32N4O4S/c1-12(23-11-25)8-7-9-22-19(21)24-29(26,27)18-14(3)13(2)17-16(15(18)4)10-20(5,6)28-17/h11-12H,7-10H2,1-6H3,(H,23,25)(H3,21,22,24). The summed E-state index contributed by atoms with van der Waals surface area (Å²) in [5, 5.41) is 2.66. The second-order valence-electron chi connectivity index (χ2n) is 8.25. The van der Waals surface area contributed by atoms with E-state index < -0.39 is 10.0 Å². The Kier molecular flexibility index (Phi) is 6.82. The number of hydrogen-bond acceptors (Lipinski definition) is 5. The van der Waals surface area contributed by atoms with Crippen molar-refractivity contribution < 1.29 is 17.9 Å². The molecule has 0 spiro atoms. The zero-order valence-electron chi connectivity index (χ0n) is 18.0. The number of guanidine groups is 1. The number of amides is 1. The molecule has 1 aliphatic rings. The number of nitrogens with zero attached hydrogens (tertiary/aromatic N) is 1. The Morgan fingerprint density at radius 3 is 2.55 bits per heavy atom. The second-order valence-corrected chi connectivity index (χ2v) is 9.87. The van der Waals surface area contributed by atoms with E-state index >= 15 is 0 Å². The monoisotopic (exact) mass is 424 g/mol. The van der Waals surface area contributed by atoms with Gasteiger partial charge in [-0.2, -0.15) is 0 Å². The Bertz CT molecular complexity index is 923. The third kappa shape index (κ3) is 5.20. The molecule has 8 nitrogen and oxygen atoms in total. The Labute approximate surface area is 173 Å². The predicted octanol–water partition coefficient (Wildman–Crippen LogP) is 1.83. The van der Waals surface area contributed by atoms with Gasteiger partial charge in [-0.1, -0.05) is 0 Å². The van der Waals surface area contributed by atoms with Gasteiger partial charge in [0.15, 0.2) is 0 Å². The predicted molar refractivity (Wildman–Crippen MR) is 114 cm³/mol. The molecule has 0 aliphatic carbocycles. The fraction of sp³-hybridized carbons (Fsp3) is 0.600. The van der Waals surface area contributed by atoms with Crippen molar-refractivity contribution in [1.82, 2.24) is 10.0 Å². The molecule has 1 atom stereocenters. The molecule has 9 heteroatoms. The van der Waals surface area contributed by atoms with Crippen LogP contribution in [0.2, 0.25) is 0 Å². The zero-order valence-corrected chi connectivity index (χ0v) is 18.9. The van der Waals surface area contributed by atoms with Gasteiger partial charge in [-0.3, -0.25) is 9.79 Å². The number of sulfonamides is 1. The molecule has 1 aromatic rings. The van der Waals surface area contributed by atoms with Crippen molar-refractivity contribution in [3.05, 3.63) is 22.3 Å². The molecule has 0 saturated carbocycles. The average Bonchev–Trinajstić information content (AvgIpc) is 2.92. The molecule has 1 amide bonds. The summed E-state index contributed by atoms with van der Waals surface area (Å²) in [4.78, 5) is 14.7. The maximum atomic E-state index is 13.1. The van der Waals surface area contributed by atoms with Gasteiger partial charge in [0.2, 0.25) is 12.4 Å². The summed E-state index contributed by atoms with van der Waals surface area (Å²) >= 11 is 0. The number of ether oxygens (including phenoxy) is 1. The van der Waals surface area contributed by atoms with E-state index in [4.69, 9.17) is 10.5 Å². The molecular weight excluding hydrogens is 392 g/mol. The lowest BCUT2D eigenvalue weighted by Gasteiger charge is -2.19. The number of carbonyl (C=O) groups is 1. The van der Waals surface area contributed by atoms with Gasteiger partial charge in [0.05, 0.1) is 4.90 Å². The third-order valence-electron chi connectivity index (χ3n) is 5.23. The summed E-state index contributed by atoms with van der Waals surface area (Å²) < 4.78 is 34.6. The summed E-state index contributed by atoms with van der Waals surface area (Å²) in [5.41, 5.74) is 8.54. The van der Waals surface area contributed by atoms with Crippen molar-refractivity contribution in [1.29, 1.82) is 0 Å². The van der Waals surface area contributed by atoms with Crippen LogP contribution in [0.4, 0.5) is 0 Å². The zero-order chi connectivity index (χ0) is 22.0. The normalized spacial score (nSPS) is 16.7. The van der Waals surface area contributed by atoms with Crippen LogP contribution >= 0.6 is 0 Å². The molecule has 1 heterocycles. The number of nitrogens with two attached hydrogens (primary N) is 1. The van der Waals surface area contributed by atoms with Crippen LogP contribution in [0.3, 0.4) is 0 Å². The Hall–Kier alpha value is -2.29. The first-order valence-electron chi connectivity index (χ1n) is 9.73. The highest BCUT2D eigenvalue weighted by molar-refractivity contribution is 7.90. The maximum absolute atomic E-state index is 13.1. The minimum atomic E-state index is -3.88. The van der Waals surface area contributed by atoms with E-state index in [0.29, 0.717) is 36.9 Å². The van der Waals surface area contributed by atoms with Gasteiger partial charge in [0.25, 0.3) is 10.0 Å². The fourth-order valence-electron chi connectivity index (χ4n) is 3.67. The molecular formula is C20H32N4O4S. The number of carbonyl (C=O) groups excluding carboxylic acids is 1. The second kappa shape index (κ2) is 8.61. The lowest BCUT2D eigenvalue weighted by Crippen LogP contribution is -2.37. The van der Waals surface area contributed by atoms with Gasteiger partial charge in [-0.25, -0.2) is 13.1 Å². The number of benzene rings is 1. The van der Waals surface area contributed by atoms with Gasteiger partial charge < -0.3 is 15.8 Å². The van der Waals surface area contributed by atoms with Gasteiger partial charge in [0, 0.05) is 24.6 Å². The van der Waals surface area contributed by atoms with Crippen molar-refractivity contribution >= 4 is 22.4 Å². The highest BCUT2D eigenvalue weighted by atomic mass is 32.2. The lowest BCUT2D eigenvalue weighted by atomic mass is 9.94. The number of fused-ring (bicyclic) bond motifs is 1. The molecule has 1 aliphatic heterocycles. The topological polar surface area (TPSA) is 123 Å². The molecule has 0 fully saturated rings. The maximum Gasteiger partial charge on any atom is 0.264 e. The summed E-state index contributed by atoms with van der Waals surface area (Å²) in [5.74, 6) is 0.637. The molecule has 4 N–H and O–H groups in total. The van der Waals surface area contributed by atoms with Crippen LogP contribution < -0.4 is 20.5 Å². The van der Waals surface area contributed by atoms with Crippen LogP contribution in [0.15, 0.2) is 9.89 Å². The Morgan fingerprint density at radius 1 is 1.28 bits per heavy atom. The molecule has 0 radical (unpaired) electrons. The number of hydrogen-bond donors (Lipinski definition) is 3. The summed E-state index contributed by atoms with van der Waals surface area (Å²) in [6.07, 6.45) is 2.70. The molecule has 0 aromatic heterocycles. The van der Waals surface area contributed by atoms with Gasteiger partial charge in [0.1, 0.15) is 11.4 Å². The van der Waals surface area contributed by atoms with Crippen molar-refractivity contribution in [2.45, 2.75) is 77.3 Å². The van der Waals surface area contributed by atoms with E-state index in [2.05, 4.69) is 15.0 Å². The molecule has 29 heavy (non-hydrogen) atoms. The van der Waals surface area contributed by atoms with E-state index in [0.717, 1.165) is 23.3 Å². The quantitative estimate of drug-likeness (QED) is 0.254. The molecule has 1 unspecified atom stereocenters. The smallest absolute Gasteiger partial charge is 0.264 e. The van der Waals surface area contributed by atoms with Crippen LogP contribution in [-0.4, -0.2) is 39.0 Å². The van der Waals surface area contributed by atoms with E-state index in [9.17, 15) is 13.2 Å². The van der Waals surface area contributed by atoms with Gasteiger partial charge in [-0.15, -0.1) is 0 Å². The van der Waals surface area contributed by atoms with Crippen LogP contribution in [-0.2, 0) is 21.2 Å². The number of nitrogens with one attached hydrogen (secondary N) is 2. The molecule has 0 saturated heterocycles. The Balaban J connectivity index is 2.21. The van der Waals surface area contributed by atoms with E-state index in [-0.39, 0.29) is 22.5 Å². The van der Waals surface area contributed by atoms with Gasteiger partial charge in [-0.05, 0) is 71.1 Å². The highest BCUT2D eigenvalue weighted by Gasteiger charge is 2.36. The largest absolute Gasteiger partial charge is 0.487 e. The average molecular weight is 425 g/mol. The van der Waals surface area contributed by atoms with E-state index in [1.54, 1.807) is 13.8 Å². The third-order valence-corrected chi connectivity index (χ3v) is 6.86. The molecule has 1 aromatic carbocycles. The van der Waals surface area contributed by atoms with E-state index in [1.165, 1.54) is 0 Å². The Morgan fingerprint density at radius 2 is 1.93 bits per heavy atom. The van der Waals surface area contributed by atoms with E-state index in [1.807, 2.05) is 27.7 Å². The minimum absolute atomic E-state index is 0.0341. The number of rotatable bonds is 8. The van der Waals surface area contributed by atoms with Crippen molar-refractivity contribution in [3.63, 3.8) is 0 Å². The summed E-state index contributed by atoms with van der Waals surface area (Å²) in [6.45, 7) is 11.7. The van der Waals surface area contributed by atoms with Crippen LogP contribution in [0.25, 0.3) is 0 Å². The van der Waals surface area contributed by atoms with Crippen molar-refractivity contribution in [2.24, 2.45) is 10.7 Å². The van der Waals surface area contributed by atoms with Crippen LogP contribution in [0, 0.1) is 20.8 Å². The SMILES string of the molecule is Cc1c(C)c(S(=O)(=O)NC(N)=NCCCC(C)NC=O)c(C)c2c1OC(C)(C)C2. The van der Waals surface area contributed by atoms with Crippen LogP contribution in [0.1, 0.15) is 55.9 Å². The molecule has 0 bridgehead atoms. The first-order valence-corrected chi connectivity index (χ1v) is 11.2. The van der Waals surface area contributed by atoms with Gasteiger partial charge >= 0.3 is 0 Å². The van der Waals surface area contributed by atoms with Crippen LogP contribution in [0.5, 0.6) is 5.75 Å². The lowest BCUT2D eigenvalue weighted by molar-refractivity contribution is -0.110. The first kappa shape index (κ1) is 23.0. The number of aliphatic imine (C=N–C) groups is 1. The van der Waals surface area contributed by atoms with Crippen molar-refractivity contribution in [3.8, 4) is 5.75 Å². The minimum Gasteiger partial charge on any atom is -0.487 e. The molecule has 162 valence electrons. The summed E-state index contributed by atoms with van der Waals surface area (Å²) in [6, 6.07) is 0.0341. The first-order chi connectivity index (χ1) is 13.4. The molecule has 2 rings (SSSR count). The highest BCUT2D eigenvalue weighted by Crippen LogP contribution is 2.43.